The highest BCUT2D eigenvalue weighted by Crippen LogP contribution is 2.37. The van der Waals surface area contributed by atoms with E-state index in [1.54, 1.807) is 49.5 Å². The molecule has 0 atom stereocenters. The monoisotopic (exact) mass is 1620 g/mol. The third kappa shape index (κ3) is 21.1. The molecule has 109 heavy (non-hydrogen) atoms. The van der Waals surface area contributed by atoms with Crippen LogP contribution in [0, 0.1) is 41.1 Å². The van der Waals surface area contributed by atoms with Crippen molar-refractivity contribution in [2.45, 2.75) is 116 Å². The van der Waals surface area contributed by atoms with Crippen LogP contribution in [-0.2, 0) is 77.5 Å². The Morgan fingerprint density at radius 1 is 0.550 bits per heavy atom. The molecule has 1 aliphatic carbocycles. The number of likely N-dealkylation sites (tertiary alicyclic amines) is 2. The summed E-state index contributed by atoms with van der Waals surface area (Å²) in [6, 6.07) is 12.5. The highest BCUT2D eigenvalue weighted by atomic mass is 35.5. The number of amides is 7. The first-order valence-electron chi connectivity index (χ1n) is 34.0. The number of fused-ring (bicyclic) bond motifs is 3. The highest BCUT2D eigenvalue weighted by Gasteiger charge is 2.49. The fourth-order valence-electron chi connectivity index (χ4n) is 12.5. The molecule has 3 aromatic carbocycles. The van der Waals surface area contributed by atoms with Crippen molar-refractivity contribution in [3.8, 4) is 33.8 Å². The number of carboxylic acid groups (broad SMARTS) is 1. The fraction of sp³-hybridized carbons (Fsp3) is 0.485. The quantitative estimate of drug-likeness (QED) is 0.0365. The number of carboxylic acids is 1. The second-order valence-electron chi connectivity index (χ2n) is 27.8. The van der Waals surface area contributed by atoms with Crippen molar-refractivity contribution in [2.75, 3.05) is 72.6 Å². The lowest BCUT2D eigenvalue weighted by molar-refractivity contribution is -0.156. The van der Waals surface area contributed by atoms with Gasteiger partial charge in [-0.05, 0) is 126 Å². The van der Waals surface area contributed by atoms with Gasteiger partial charge < -0.3 is 56.9 Å². The highest BCUT2D eigenvalue weighted by molar-refractivity contribution is 7.87. The number of ether oxygens (including phenoxy) is 1. The molecule has 0 spiro atoms. The van der Waals surface area contributed by atoms with Gasteiger partial charge in [0, 0.05) is 81.8 Å². The summed E-state index contributed by atoms with van der Waals surface area (Å²) in [5.74, 6) is -3.33. The van der Waals surface area contributed by atoms with E-state index >= 15 is 0 Å². The van der Waals surface area contributed by atoms with E-state index in [9.17, 15) is 86.3 Å². The van der Waals surface area contributed by atoms with Crippen LogP contribution in [0.1, 0.15) is 107 Å². The number of aliphatic carboxylic acids is 1. The first-order valence-corrected chi connectivity index (χ1v) is 36.5. The number of primary amides is 3. The Bertz CT molecular complexity index is 4420. The Labute approximate surface area is 632 Å². The summed E-state index contributed by atoms with van der Waals surface area (Å²) in [5, 5.41) is 25.1. The topological polar surface area (TPSA) is 369 Å². The predicted octanol–water partition coefficient (Wildman–Crippen LogP) is 8.46. The fourth-order valence-corrected chi connectivity index (χ4v) is 13.5. The van der Waals surface area contributed by atoms with Crippen LogP contribution in [0.15, 0.2) is 54.6 Å². The number of hydrogen-bond acceptors (Lipinski definition) is 17. The van der Waals surface area contributed by atoms with Crippen LogP contribution in [0.3, 0.4) is 0 Å². The van der Waals surface area contributed by atoms with E-state index in [0.29, 0.717) is 134 Å². The number of nitrogens with zero attached hydrogens (tertiary/aromatic N) is 11. The summed E-state index contributed by atoms with van der Waals surface area (Å²) in [7, 11) is -4.12. The van der Waals surface area contributed by atoms with Crippen LogP contribution in [0.2, 0.25) is 15.1 Å². The molecular weight excluding hydrogens is 1540 g/mol. The van der Waals surface area contributed by atoms with E-state index in [1.165, 1.54) is 65.9 Å². The third-order valence-corrected chi connectivity index (χ3v) is 20.3. The van der Waals surface area contributed by atoms with Crippen LogP contribution < -0.4 is 22.5 Å². The third-order valence-electron chi connectivity index (χ3n) is 18.5. The van der Waals surface area contributed by atoms with Crippen molar-refractivity contribution < 1.29 is 100 Å². The minimum Gasteiger partial charge on any atom is -0.481 e. The average Bonchev–Trinajstić information content (AvgIpc) is 1.63. The molecule has 6 aliphatic heterocycles. The molecule has 1 saturated carbocycles. The molecule has 8 N–H and O–H groups in total. The Morgan fingerprint density at radius 3 is 1.18 bits per heavy atom. The minimum absolute atomic E-state index is 0.0498. The number of alkyl halides is 6. The number of hydrogen-bond donors (Lipinski definition) is 5. The maximum atomic E-state index is 13.5. The van der Waals surface area contributed by atoms with Gasteiger partial charge in [0.15, 0.2) is 6.61 Å². The van der Waals surface area contributed by atoms with Crippen LogP contribution >= 0.6 is 34.8 Å². The standard InChI is InChI=1S/C19H21ClFN5O2.C19H20ClFN4O2.C18H19ClFN5O2.C9H15NO4.C3H2F6O3S/c1-24-8-11(9-24)6-16(27)25-4-5-26-15(10-25)17(19(22)28)18(23-26)12-2-3-14(21)13(20)7-12;20-13-9-12(4-5-14(13)21)18-17(19(22)27)15-10-24(6-7-25(15)23-18)16(26)8-11-2-1-3-11;19-12-6-11(1-2-13(12)20)17-16(18(21)27)14-9-24(3-4-25(14)23-17)15(26)5-10-7-22-8-10;1-9(2,3)14-8(13)10-4-6(5-10)7(11)12;4-2(5,6)1-12-13(10,11)3(7,8)9/h2-3,7,11H,4-6,8-10H2,1H3,(H2,22,28);4-5,9,11H,1-3,6-8,10H2,(H2,22,27);1-2,6,10,22H,3-5,7-9H2,(H2,21,27);6H,4-5H2,1-3H3,(H,11,12);1H2. The van der Waals surface area contributed by atoms with Gasteiger partial charge >= 0.3 is 33.9 Å². The number of carbonyl (C=O) groups excluding carboxylic acids is 7. The Morgan fingerprint density at radius 2 is 0.908 bits per heavy atom. The number of nitrogens with one attached hydrogen (secondary N) is 1. The molecule has 41 heteroatoms. The lowest BCUT2D eigenvalue weighted by Gasteiger charge is -2.37. The first kappa shape index (κ1) is 83.9. The summed E-state index contributed by atoms with van der Waals surface area (Å²) in [5.41, 5.74) is 15.7. The van der Waals surface area contributed by atoms with Crippen molar-refractivity contribution >= 4 is 92.4 Å². The van der Waals surface area contributed by atoms with Crippen LogP contribution in [0.5, 0.6) is 0 Å². The summed E-state index contributed by atoms with van der Waals surface area (Å²) in [6.07, 6.45) is -0.592. The van der Waals surface area contributed by atoms with Gasteiger partial charge in [0.05, 0.1) is 94.0 Å². The van der Waals surface area contributed by atoms with Crippen molar-refractivity contribution in [1.82, 2.24) is 59.2 Å². The van der Waals surface area contributed by atoms with Crippen molar-refractivity contribution in [1.29, 1.82) is 0 Å². The summed E-state index contributed by atoms with van der Waals surface area (Å²) in [4.78, 5) is 105. The second kappa shape index (κ2) is 34.5. The van der Waals surface area contributed by atoms with E-state index in [2.05, 4.69) is 29.7 Å². The maximum absolute atomic E-state index is 13.5. The van der Waals surface area contributed by atoms with Gasteiger partial charge in [0.1, 0.15) is 40.1 Å². The molecule has 0 unspecified atom stereocenters. The van der Waals surface area contributed by atoms with Crippen LogP contribution in [-0.4, -0.2) is 205 Å². The molecule has 13 rings (SSSR count). The molecule has 7 aliphatic rings. The van der Waals surface area contributed by atoms with Gasteiger partial charge in [-0.25, -0.2) is 18.0 Å². The van der Waals surface area contributed by atoms with Crippen LogP contribution in [0.25, 0.3) is 33.8 Å². The van der Waals surface area contributed by atoms with Gasteiger partial charge in [0.2, 0.25) is 17.7 Å². The molecule has 6 aromatic rings. The minimum atomic E-state index is -6.15. The molecule has 3 aromatic heterocycles. The number of aromatic nitrogens is 6. The molecule has 592 valence electrons. The van der Waals surface area contributed by atoms with Crippen molar-refractivity contribution in [2.24, 2.45) is 40.9 Å². The van der Waals surface area contributed by atoms with E-state index in [0.717, 1.165) is 39.0 Å². The average molecular weight is 1620 g/mol. The normalized spacial score (nSPS) is 16.7. The van der Waals surface area contributed by atoms with Gasteiger partial charge in [-0.3, -0.25) is 51.8 Å². The van der Waals surface area contributed by atoms with E-state index in [4.69, 9.17) is 61.8 Å². The first-order chi connectivity index (χ1) is 51.0. The van der Waals surface area contributed by atoms with Gasteiger partial charge in [-0.2, -0.15) is 50.1 Å². The Balaban J connectivity index is 0.000000162. The van der Waals surface area contributed by atoms with Crippen molar-refractivity contribution in [3.05, 3.63) is 121 Å². The summed E-state index contributed by atoms with van der Waals surface area (Å²) in [6.45, 7) is 10.8. The van der Waals surface area contributed by atoms with Gasteiger partial charge in [-0.15, -0.1) is 0 Å². The van der Waals surface area contributed by atoms with Crippen molar-refractivity contribution in [3.63, 3.8) is 0 Å². The second-order valence-corrected chi connectivity index (χ2v) is 30.7. The molecule has 0 bridgehead atoms. The molecule has 28 nitrogen and oxygen atoms in total. The van der Waals surface area contributed by atoms with E-state index in [-0.39, 0.29) is 75.7 Å². The van der Waals surface area contributed by atoms with E-state index in [1.807, 2.05) is 7.05 Å². The largest absolute Gasteiger partial charge is 0.523 e. The molecule has 3 saturated heterocycles. The predicted molar refractivity (Wildman–Crippen MR) is 374 cm³/mol. The number of benzene rings is 3. The zero-order valence-corrected chi connectivity index (χ0v) is 62.1. The molecule has 9 heterocycles. The zero-order chi connectivity index (χ0) is 80.1. The summed E-state index contributed by atoms with van der Waals surface area (Å²) < 4.78 is 141. The zero-order valence-electron chi connectivity index (χ0n) is 59.0. The molecule has 4 fully saturated rings. The number of rotatable bonds is 15. The summed E-state index contributed by atoms with van der Waals surface area (Å²) >= 11 is 17.6. The number of carbonyl (C=O) groups is 8. The molecule has 7 amide bonds. The Kier molecular flexibility index (Phi) is 26.5. The van der Waals surface area contributed by atoms with Crippen LogP contribution in [0.4, 0.5) is 44.3 Å². The van der Waals surface area contributed by atoms with Gasteiger partial charge in [0.25, 0.3) is 17.7 Å². The lowest BCUT2D eigenvalue weighted by atomic mass is 9.82. The van der Waals surface area contributed by atoms with Gasteiger partial charge in [-0.1, -0.05) is 41.2 Å². The lowest BCUT2D eigenvalue weighted by Crippen LogP contribution is -2.54. The number of nitrogens with two attached hydrogens (primary N) is 3. The molecule has 0 radical (unpaired) electrons. The molecular formula is C68H77Cl3F9N15O13S. The SMILES string of the molecule is CC(C)(C)OC(=O)N1CC(C(=O)O)C1.CN1CC(CC(=O)N2CCn3nc(-c4ccc(F)c(Cl)c4)c(C(N)=O)c3C2)C1.NC(=O)c1c(-c2ccc(F)c(Cl)c2)nn2c1CN(C(=O)CC1CCC1)CC2.NC(=O)c1c(-c2ccc(F)c(Cl)c2)nn2c1CN(C(=O)CC1CNC1)CC2.O=S(=O)(OCC(F)(F)F)C(F)(F)F. The smallest absolute Gasteiger partial charge is 0.481 e. The Hall–Kier alpha value is -9.08. The number of halogens is 12. The maximum Gasteiger partial charge on any atom is 0.523 e. The van der Waals surface area contributed by atoms with E-state index < -0.39 is 87.2 Å².